The summed E-state index contributed by atoms with van der Waals surface area (Å²) in [5.41, 5.74) is 2.85. The standard InChI is InChI=1S/C22H20N2O3/c25-22(19-8-11-23-12-9-19)24(13-10-17-4-2-1-3-5-17)15-18-6-7-20-21(14-18)27-16-26-20/h1-9,11-12,14H,10,13,15-16H2. The molecule has 2 aromatic carbocycles. The van der Waals surface area contributed by atoms with Crippen LogP contribution in [0, 0.1) is 0 Å². The third-order valence-corrected chi connectivity index (χ3v) is 4.54. The third kappa shape index (κ3) is 4.08. The van der Waals surface area contributed by atoms with E-state index < -0.39 is 0 Å². The number of hydrogen-bond acceptors (Lipinski definition) is 4. The van der Waals surface area contributed by atoms with Gasteiger partial charge in [-0.15, -0.1) is 0 Å². The summed E-state index contributed by atoms with van der Waals surface area (Å²) in [5.74, 6) is 1.47. The number of rotatable bonds is 6. The number of fused-ring (bicyclic) bond motifs is 1. The minimum absolute atomic E-state index is 0.00834. The lowest BCUT2D eigenvalue weighted by Crippen LogP contribution is -2.32. The molecular weight excluding hydrogens is 340 g/mol. The lowest BCUT2D eigenvalue weighted by atomic mass is 10.1. The van der Waals surface area contributed by atoms with E-state index in [0.29, 0.717) is 18.7 Å². The molecule has 136 valence electrons. The average molecular weight is 360 g/mol. The highest BCUT2D eigenvalue weighted by Gasteiger charge is 2.19. The maximum absolute atomic E-state index is 13.0. The van der Waals surface area contributed by atoms with Crippen molar-refractivity contribution in [3.8, 4) is 11.5 Å². The van der Waals surface area contributed by atoms with Gasteiger partial charge in [-0.25, -0.2) is 0 Å². The molecule has 1 amide bonds. The number of hydrogen-bond donors (Lipinski definition) is 0. The van der Waals surface area contributed by atoms with Crippen LogP contribution in [0.3, 0.4) is 0 Å². The third-order valence-electron chi connectivity index (χ3n) is 4.54. The minimum atomic E-state index is -0.00834. The van der Waals surface area contributed by atoms with Crippen molar-refractivity contribution >= 4 is 5.91 Å². The number of aromatic nitrogens is 1. The molecular formula is C22H20N2O3. The Morgan fingerprint density at radius 1 is 0.926 bits per heavy atom. The number of pyridine rings is 1. The minimum Gasteiger partial charge on any atom is -0.454 e. The maximum atomic E-state index is 13.0. The summed E-state index contributed by atoms with van der Waals surface area (Å²) in [6.07, 6.45) is 4.08. The first kappa shape index (κ1) is 17.1. The summed E-state index contributed by atoms with van der Waals surface area (Å²) in [4.78, 5) is 18.9. The SMILES string of the molecule is O=C(c1ccncc1)N(CCc1ccccc1)Cc1ccc2c(c1)OCO2. The fourth-order valence-corrected chi connectivity index (χ4v) is 3.10. The molecule has 0 bridgehead atoms. The van der Waals surface area contributed by atoms with Gasteiger partial charge in [0.25, 0.3) is 5.91 Å². The molecule has 0 unspecified atom stereocenters. The molecule has 1 aliphatic rings. The van der Waals surface area contributed by atoms with E-state index in [1.807, 2.05) is 41.3 Å². The summed E-state index contributed by atoms with van der Waals surface area (Å²) in [6.45, 7) is 1.37. The monoisotopic (exact) mass is 360 g/mol. The van der Waals surface area contributed by atoms with E-state index in [0.717, 1.165) is 23.5 Å². The van der Waals surface area contributed by atoms with Crippen LogP contribution >= 0.6 is 0 Å². The van der Waals surface area contributed by atoms with Gasteiger partial charge in [0.15, 0.2) is 11.5 Å². The van der Waals surface area contributed by atoms with Gasteiger partial charge in [-0.2, -0.15) is 0 Å². The van der Waals surface area contributed by atoms with Gasteiger partial charge >= 0.3 is 0 Å². The second-order valence-electron chi connectivity index (χ2n) is 6.39. The quantitative estimate of drug-likeness (QED) is 0.673. The molecule has 0 spiro atoms. The number of carbonyl (C=O) groups is 1. The Morgan fingerprint density at radius 2 is 1.70 bits per heavy atom. The van der Waals surface area contributed by atoms with Crippen molar-refractivity contribution in [2.75, 3.05) is 13.3 Å². The van der Waals surface area contributed by atoms with Gasteiger partial charge < -0.3 is 14.4 Å². The van der Waals surface area contributed by atoms with Crippen LogP contribution < -0.4 is 9.47 Å². The van der Waals surface area contributed by atoms with Crippen LogP contribution in [0.5, 0.6) is 11.5 Å². The molecule has 2 heterocycles. The number of benzene rings is 2. The molecule has 1 aliphatic heterocycles. The predicted octanol–water partition coefficient (Wildman–Crippen LogP) is 3.70. The van der Waals surface area contributed by atoms with Crippen LogP contribution in [0.15, 0.2) is 73.1 Å². The normalized spacial score (nSPS) is 12.0. The first-order chi connectivity index (χ1) is 13.3. The van der Waals surface area contributed by atoms with Crippen molar-refractivity contribution in [1.82, 2.24) is 9.88 Å². The zero-order chi connectivity index (χ0) is 18.5. The Morgan fingerprint density at radius 3 is 2.52 bits per heavy atom. The van der Waals surface area contributed by atoms with Crippen molar-refractivity contribution in [2.24, 2.45) is 0 Å². The van der Waals surface area contributed by atoms with Crippen LogP contribution in [0.25, 0.3) is 0 Å². The van der Waals surface area contributed by atoms with Gasteiger partial charge in [0.05, 0.1) is 0 Å². The molecule has 0 N–H and O–H groups in total. The van der Waals surface area contributed by atoms with E-state index in [2.05, 4.69) is 17.1 Å². The van der Waals surface area contributed by atoms with Crippen LogP contribution in [-0.4, -0.2) is 29.1 Å². The first-order valence-electron chi connectivity index (χ1n) is 8.91. The van der Waals surface area contributed by atoms with Crippen molar-refractivity contribution in [3.63, 3.8) is 0 Å². The maximum Gasteiger partial charge on any atom is 0.254 e. The molecule has 5 nitrogen and oxygen atoms in total. The molecule has 0 fully saturated rings. The Bertz CT molecular complexity index is 913. The van der Waals surface area contributed by atoms with Crippen molar-refractivity contribution in [2.45, 2.75) is 13.0 Å². The number of ether oxygens (including phenoxy) is 2. The fourth-order valence-electron chi connectivity index (χ4n) is 3.10. The molecule has 0 atom stereocenters. The summed E-state index contributed by atoms with van der Waals surface area (Å²) in [5, 5.41) is 0. The summed E-state index contributed by atoms with van der Waals surface area (Å²) < 4.78 is 10.8. The molecule has 0 saturated carbocycles. The van der Waals surface area contributed by atoms with Crippen LogP contribution in [-0.2, 0) is 13.0 Å². The molecule has 0 saturated heterocycles. The fraction of sp³-hybridized carbons (Fsp3) is 0.182. The van der Waals surface area contributed by atoms with Crippen molar-refractivity contribution in [1.29, 1.82) is 0 Å². The topological polar surface area (TPSA) is 51.7 Å². The van der Waals surface area contributed by atoms with Crippen molar-refractivity contribution in [3.05, 3.63) is 89.7 Å². The number of carbonyl (C=O) groups excluding carboxylic acids is 1. The summed E-state index contributed by atoms with van der Waals surface area (Å²) in [7, 11) is 0. The predicted molar refractivity (Wildman–Crippen MR) is 102 cm³/mol. The van der Waals surface area contributed by atoms with Gasteiger partial charge in [-0.3, -0.25) is 9.78 Å². The second kappa shape index (κ2) is 7.91. The lowest BCUT2D eigenvalue weighted by Gasteiger charge is -2.23. The molecule has 4 rings (SSSR count). The Labute approximate surface area is 158 Å². The van der Waals surface area contributed by atoms with Crippen molar-refractivity contribution < 1.29 is 14.3 Å². The van der Waals surface area contributed by atoms with Crippen LogP contribution in [0.1, 0.15) is 21.5 Å². The summed E-state index contributed by atoms with van der Waals surface area (Å²) >= 11 is 0. The second-order valence-corrected chi connectivity index (χ2v) is 6.39. The first-order valence-corrected chi connectivity index (χ1v) is 8.91. The van der Waals surface area contributed by atoms with E-state index in [1.165, 1.54) is 5.56 Å². The zero-order valence-corrected chi connectivity index (χ0v) is 14.9. The largest absolute Gasteiger partial charge is 0.454 e. The number of amides is 1. The number of nitrogens with zero attached hydrogens (tertiary/aromatic N) is 2. The lowest BCUT2D eigenvalue weighted by molar-refractivity contribution is 0.0745. The molecule has 0 aliphatic carbocycles. The Hall–Kier alpha value is -3.34. The smallest absolute Gasteiger partial charge is 0.254 e. The van der Waals surface area contributed by atoms with E-state index in [1.54, 1.807) is 24.5 Å². The molecule has 0 radical (unpaired) electrons. The van der Waals surface area contributed by atoms with Gasteiger partial charge in [-0.05, 0) is 41.8 Å². The highest BCUT2D eigenvalue weighted by atomic mass is 16.7. The highest BCUT2D eigenvalue weighted by molar-refractivity contribution is 5.94. The molecule has 27 heavy (non-hydrogen) atoms. The van der Waals surface area contributed by atoms with Gasteiger partial charge in [0.1, 0.15) is 0 Å². The summed E-state index contributed by atoms with van der Waals surface area (Å²) in [6, 6.07) is 19.5. The molecule has 5 heteroatoms. The van der Waals surface area contributed by atoms with E-state index in [9.17, 15) is 4.79 Å². The van der Waals surface area contributed by atoms with Gasteiger partial charge in [-0.1, -0.05) is 36.4 Å². The van der Waals surface area contributed by atoms with Crippen LogP contribution in [0.4, 0.5) is 0 Å². The van der Waals surface area contributed by atoms with Gasteiger partial charge in [0, 0.05) is 31.0 Å². The highest BCUT2D eigenvalue weighted by Crippen LogP contribution is 2.32. The van der Waals surface area contributed by atoms with E-state index >= 15 is 0 Å². The van der Waals surface area contributed by atoms with Gasteiger partial charge in [0.2, 0.25) is 6.79 Å². The Kier molecular flexibility index (Phi) is 5.01. The molecule has 3 aromatic rings. The zero-order valence-electron chi connectivity index (χ0n) is 14.9. The Balaban J connectivity index is 1.54. The molecule has 1 aromatic heterocycles. The van der Waals surface area contributed by atoms with E-state index in [-0.39, 0.29) is 12.7 Å². The van der Waals surface area contributed by atoms with Crippen LogP contribution in [0.2, 0.25) is 0 Å². The average Bonchev–Trinajstić information content (AvgIpc) is 3.20. The van der Waals surface area contributed by atoms with E-state index in [4.69, 9.17) is 9.47 Å².